The Morgan fingerprint density at radius 3 is 2.67 bits per heavy atom. The zero-order valence-electron chi connectivity index (χ0n) is 12.4. The predicted octanol–water partition coefficient (Wildman–Crippen LogP) is 4.04. The minimum absolute atomic E-state index is 0.0852. The first kappa shape index (κ1) is 13.8. The van der Waals surface area contributed by atoms with Crippen molar-refractivity contribution < 1.29 is 13.9 Å². The standard InChI is InChI=1S/C18H17FO2/c1-11-8-13(19)5-6-14(11)17(20)12-4-7-16-15(9-12)18(2,3)10-21-16/h4-9H,10H2,1-3H3. The van der Waals surface area contributed by atoms with Gasteiger partial charge in [0.2, 0.25) is 0 Å². The SMILES string of the molecule is Cc1cc(F)ccc1C(=O)c1ccc2c(c1)C(C)(C)CO2. The lowest BCUT2D eigenvalue weighted by Gasteiger charge is -2.15. The Kier molecular flexibility index (Phi) is 3.08. The molecule has 2 nitrogen and oxygen atoms in total. The fourth-order valence-electron chi connectivity index (χ4n) is 2.70. The molecule has 0 N–H and O–H groups in total. The van der Waals surface area contributed by atoms with Gasteiger partial charge in [-0.1, -0.05) is 13.8 Å². The van der Waals surface area contributed by atoms with Gasteiger partial charge in [-0.25, -0.2) is 4.39 Å². The molecule has 0 saturated carbocycles. The molecule has 1 aliphatic rings. The van der Waals surface area contributed by atoms with Crippen LogP contribution in [-0.4, -0.2) is 12.4 Å². The average molecular weight is 284 g/mol. The average Bonchev–Trinajstić information content (AvgIpc) is 2.74. The highest BCUT2D eigenvalue weighted by molar-refractivity contribution is 6.10. The molecule has 0 bridgehead atoms. The highest BCUT2D eigenvalue weighted by Crippen LogP contribution is 2.39. The van der Waals surface area contributed by atoms with Crippen LogP contribution in [0.15, 0.2) is 36.4 Å². The Morgan fingerprint density at radius 2 is 1.95 bits per heavy atom. The number of fused-ring (bicyclic) bond motifs is 1. The molecule has 1 aliphatic heterocycles. The summed E-state index contributed by atoms with van der Waals surface area (Å²) in [5.41, 5.74) is 2.75. The van der Waals surface area contributed by atoms with E-state index in [9.17, 15) is 9.18 Å². The Morgan fingerprint density at radius 1 is 1.19 bits per heavy atom. The number of carbonyl (C=O) groups excluding carboxylic acids is 1. The molecule has 0 radical (unpaired) electrons. The van der Waals surface area contributed by atoms with E-state index < -0.39 is 0 Å². The Labute approximate surface area is 123 Å². The van der Waals surface area contributed by atoms with Crippen molar-refractivity contribution in [3.8, 4) is 5.75 Å². The van der Waals surface area contributed by atoms with Crippen LogP contribution in [0.5, 0.6) is 5.75 Å². The van der Waals surface area contributed by atoms with Gasteiger partial charge in [0.25, 0.3) is 0 Å². The number of ketones is 1. The number of rotatable bonds is 2. The van der Waals surface area contributed by atoms with Crippen LogP contribution in [-0.2, 0) is 5.41 Å². The fourth-order valence-corrected chi connectivity index (χ4v) is 2.70. The summed E-state index contributed by atoms with van der Waals surface area (Å²) in [5, 5.41) is 0. The van der Waals surface area contributed by atoms with Crippen molar-refractivity contribution in [3.05, 3.63) is 64.5 Å². The third-order valence-corrected chi connectivity index (χ3v) is 3.99. The fraction of sp³-hybridized carbons (Fsp3) is 0.278. The topological polar surface area (TPSA) is 26.3 Å². The highest BCUT2D eigenvalue weighted by Gasteiger charge is 2.32. The van der Waals surface area contributed by atoms with Crippen LogP contribution in [0.1, 0.15) is 40.9 Å². The number of benzene rings is 2. The van der Waals surface area contributed by atoms with E-state index in [4.69, 9.17) is 4.74 Å². The van der Waals surface area contributed by atoms with Crippen molar-refractivity contribution in [2.75, 3.05) is 6.61 Å². The first-order chi connectivity index (χ1) is 9.88. The van der Waals surface area contributed by atoms with Crippen LogP contribution in [0.2, 0.25) is 0 Å². The Balaban J connectivity index is 2.03. The van der Waals surface area contributed by atoms with E-state index in [-0.39, 0.29) is 17.0 Å². The van der Waals surface area contributed by atoms with Crippen molar-refractivity contribution in [1.82, 2.24) is 0 Å². The zero-order chi connectivity index (χ0) is 15.2. The molecule has 2 aromatic carbocycles. The van der Waals surface area contributed by atoms with E-state index in [1.807, 2.05) is 12.1 Å². The molecule has 0 spiro atoms. The van der Waals surface area contributed by atoms with Gasteiger partial charge in [-0.3, -0.25) is 4.79 Å². The molecule has 0 fully saturated rings. The van der Waals surface area contributed by atoms with Crippen molar-refractivity contribution in [2.24, 2.45) is 0 Å². The van der Waals surface area contributed by atoms with E-state index in [1.54, 1.807) is 19.1 Å². The second-order valence-corrected chi connectivity index (χ2v) is 6.17. The molecule has 108 valence electrons. The Hall–Kier alpha value is -2.16. The third-order valence-electron chi connectivity index (χ3n) is 3.99. The Bertz CT molecular complexity index is 732. The number of aryl methyl sites for hydroxylation is 1. The molecule has 21 heavy (non-hydrogen) atoms. The molecule has 0 saturated heterocycles. The molecule has 0 amide bonds. The molecule has 0 aromatic heterocycles. The number of ether oxygens (including phenoxy) is 1. The molecule has 2 aromatic rings. The number of hydrogen-bond donors (Lipinski definition) is 0. The largest absolute Gasteiger partial charge is 0.492 e. The summed E-state index contributed by atoms with van der Waals surface area (Å²) >= 11 is 0. The van der Waals surface area contributed by atoms with Crippen molar-refractivity contribution >= 4 is 5.78 Å². The molecule has 0 aliphatic carbocycles. The number of halogens is 1. The maximum atomic E-state index is 13.2. The van der Waals surface area contributed by atoms with Gasteiger partial charge in [-0.05, 0) is 48.9 Å². The molecule has 0 atom stereocenters. The third kappa shape index (κ3) is 2.33. The van der Waals surface area contributed by atoms with Gasteiger partial charge in [0.05, 0.1) is 6.61 Å². The number of hydrogen-bond acceptors (Lipinski definition) is 2. The molecule has 3 rings (SSSR count). The van der Waals surface area contributed by atoms with Gasteiger partial charge < -0.3 is 4.74 Å². The van der Waals surface area contributed by atoms with Gasteiger partial charge >= 0.3 is 0 Å². The van der Waals surface area contributed by atoms with E-state index in [0.29, 0.717) is 23.3 Å². The van der Waals surface area contributed by atoms with Gasteiger partial charge in [0.1, 0.15) is 11.6 Å². The normalized spacial score (nSPS) is 15.4. The van der Waals surface area contributed by atoms with Crippen LogP contribution >= 0.6 is 0 Å². The van der Waals surface area contributed by atoms with Crippen LogP contribution in [0.4, 0.5) is 4.39 Å². The number of carbonyl (C=O) groups is 1. The van der Waals surface area contributed by atoms with E-state index >= 15 is 0 Å². The smallest absolute Gasteiger partial charge is 0.193 e. The van der Waals surface area contributed by atoms with Gasteiger partial charge in [-0.15, -0.1) is 0 Å². The monoisotopic (exact) mass is 284 g/mol. The van der Waals surface area contributed by atoms with Gasteiger partial charge in [-0.2, -0.15) is 0 Å². The highest BCUT2D eigenvalue weighted by atomic mass is 19.1. The van der Waals surface area contributed by atoms with E-state index in [1.165, 1.54) is 12.1 Å². The molecular formula is C18H17FO2. The van der Waals surface area contributed by atoms with E-state index in [2.05, 4.69) is 13.8 Å². The molecule has 0 unspecified atom stereocenters. The summed E-state index contributed by atoms with van der Waals surface area (Å²) < 4.78 is 18.8. The summed E-state index contributed by atoms with van der Waals surface area (Å²) in [4.78, 5) is 12.6. The van der Waals surface area contributed by atoms with E-state index in [0.717, 1.165) is 11.3 Å². The predicted molar refractivity (Wildman–Crippen MR) is 79.5 cm³/mol. The molecule has 1 heterocycles. The second kappa shape index (κ2) is 4.69. The minimum Gasteiger partial charge on any atom is -0.492 e. The first-order valence-electron chi connectivity index (χ1n) is 6.97. The second-order valence-electron chi connectivity index (χ2n) is 6.17. The van der Waals surface area contributed by atoms with Gasteiger partial charge in [0.15, 0.2) is 5.78 Å². The summed E-state index contributed by atoms with van der Waals surface area (Å²) in [6.45, 7) is 6.55. The van der Waals surface area contributed by atoms with Crippen molar-refractivity contribution in [1.29, 1.82) is 0 Å². The summed E-state index contributed by atoms with van der Waals surface area (Å²) in [6.07, 6.45) is 0. The van der Waals surface area contributed by atoms with Crippen LogP contribution in [0, 0.1) is 12.7 Å². The van der Waals surface area contributed by atoms with Crippen LogP contribution < -0.4 is 4.74 Å². The first-order valence-corrected chi connectivity index (χ1v) is 6.97. The van der Waals surface area contributed by atoms with Gasteiger partial charge in [0, 0.05) is 22.1 Å². The lowest BCUT2D eigenvalue weighted by molar-refractivity contribution is 0.103. The minimum atomic E-state index is -0.326. The molecular weight excluding hydrogens is 267 g/mol. The summed E-state index contributed by atoms with van der Waals surface area (Å²) in [7, 11) is 0. The van der Waals surface area contributed by atoms with Crippen molar-refractivity contribution in [3.63, 3.8) is 0 Å². The lowest BCUT2D eigenvalue weighted by atomic mass is 9.85. The lowest BCUT2D eigenvalue weighted by Crippen LogP contribution is -2.18. The maximum Gasteiger partial charge on any atom is 0.193 e. The van der Waals surface area contributed by atoms with Crippen LogP contribution in [0.3, 0.4) is 0 Å². The maximum absolute atomic E-state index is 13.2. The zero-order valence-corrected chi connectivity index (χ0v) is 12.4. The quantitative estimate of drug-likeness (QED) is 0.778. The molecule has 3 heteroatoms. The van der Waals surface area contributed by atoms with Crippen molar-refractivity contribution in [2.45, 2.75) is 26.2 Å². The summed E-state index contributed by atoms with van der Waals surface area (Å²) in [6, 6.07) is 9.76. The summed E-state index contributed by atoms with van der Waals surface area (Å²) in [5.74, 6) is 0.429. The van der Waals surface area contributed by atoms with Crippen LogP contribution in [0.25, 0.3) is 0 Å².